The molecule has 104 valence electrons. The van der Waals surface area contributed by atoms with Gasteiger partial charge in [-0.1, -0.05) is 0 Å². The quantitative estimate of drug-likeness (QED) is 0.930. The molecular formula is C14H15BrN4O. The van der Waals surface area contributed by atoms with Crippen LogP contribution in [0.25, 0.3) is 0 Å². The Bertz CT molecular complexity index is 634. The van der Waals surface area contributed by atoms with Gasteiger partial charge in [-0.3, -0.25) is 14.5 Å². The molecule has 0 aliphatic heterocycles. The SMILES string of the molecule is Cn1cc(Br)c(C(=O)NCC2(c3ccncc3)CC2)n1. The van der Waals surface area contributed by atoms with Gasteiger partial charge in [0.1, 0.15) is 0 Å². The number of aromatic nitrogens is 3. The number of aryl methyl sites for hydroxylation is 1. The molecule has 0 unspecified atom stereocenters. The Morgan fingerprint density at radius 3 is 2.70 bits per heavy atom. The maximum absolute atomic E-state index is 12.2. The van der Waals surface area contributed by atoms with E-state index in [4.69, 9.17) is 0 Å². The van der Waals surface area contributed by atoms with Gasteiger partial charge in [0.05, 0.1) is 4.47 Å². The second kappa shape index (κ2) is 5.01. The van der Waals surface area contributed by atoms with Gasteiger partial charge in [0.2, 0.25) is 0 Å². The lowest BCUT2D eigenvalue weighted by molar-refractivity contribution is 0.0943. The normalized spacial score (nSPS) is 15.9. The van der Waals surface area contributed by atoms with Crippen molar-refractivity contribution in [2.24, 2.45) is 7.05 Å². The lowest BCUT2D eigenvalue weighted by atomic mass is 9.97. The Balaban J connectivity index is 1.68. The van der Waals surface area contributed by atoms with Crippen molar-refractivity contribution < 1.29 is 4.79 Å². The number of hydrogen-bond acceptors (Lipinski definition) is 3. The molecule has 1 aliphatic rings. The van der Waals surface area contributed by atoms with Crippen molar-refractivity contribution in [3.63, 3.8) is 0 Å². The van der Waals surface area contributed by atoms with Crippen molar-refractivity contribution >= 4 is 21.8 Å². The molecule has 3 rings (SSSR count). The van der Waals surface area contributed by atoms with E-state index in [0.29, 0.717) is 16.7 Å². The van der Waals surface area contributed by atoms with E-state index in [9.17, 15) is 4.79 Å². The summed E-state index contributed by atoms with van der Waals surface area (Å²) in [6.07, 6.45) is 7.56. The smallest absolute Gasteiger partial charge is 0.272 e. The van der Waals surface area contributed by atoms with Crippen molar-refractivity contribution in [1.82, 2.24) is 20.1 Å². The summed E-state index contributed by atoms with van der Waals surface area (Å²) in [5.41, 5.74) is 1.76. The third-order valence-electron chi connectivity index (χ3n) is 3.73. The van der Waals surface area contributed by atoms with Crippen LogP contribution >= 0.6 is 15.9 Å². The van der Waals surface area contributed by atoms with Gasteiger partial charge in [-0.05, 0) is 46.5 Å². The minimum atomic E-state index is -0.141. The molecule has 0 bridgehead atoms. The van der Waals surface area contributed by atoms with Crippen LogP contribution in [0.3, 0.4) is 0 Å². The molecule has 20 heavy (non-hydrogen) atoms. The fourth-order valence-corrected chi connectivity index (χ4v) is 2.93. The third-order valence-corrected chi connectivity index (χ3v) is 4.31. The highest BCUT2D eigenvalue weighted by atomic mass is 79.9. The first-order valence-corrected chi connectivity index (χ1v) is 7.28. The zero-order valence-corrected chi connectivity index (χ0v) is 12.7. The van der Waals surface area contributed by atoms with E-state index in [1.807, 2.05) is 12.1 Å². The van der Waals surface area contributed by atoms with Crippen molar-refractivity contribution in [1.29, 1.82) is 0 Å². The summed E-state index contributed by atoms with van der Waals surface area (Å²) in [7, 11) is 1.79. The number of nitrogens with zero attached hydrogens (tertiary/aromatic N) is 3. The highest BCUT2D eigenvalue weighted by Crippen LogP contribution is 2.47. The Morgan fingerprint density at radius 1 is 1.45 bits per heavy atom. The molecule has 6 heteroatoms. The topological polar surface area (TPSA) is 59.8 Å². The number of nitrogens with one attached hydrogen (secondary N) is 1. The third kappa shape index (κ3) is 2.47. The van der Waals surface area contributed by atoms with E-state index in [2.05, 4.69) is 31.3 Å². The summed E-state index contributed by atoms with van der Waals surface area (Å²) < 4.78 is 2.33. The number of amides is 1. The van der Waals surface area contributed by atoms with Crippen LogP contribution in [0.15, 0.2) is 35.2 Å². The molecule has 0 radical (unpaired) electrons. The number of carbonyl (C=O) groups is 1. The minimum absolute atomic E-state index is 0.0832. The van der Waals surface area contributed by atoms with Crippen LogP contribution < -0.4 is 5.32 Å². The number of halogens is 1. The average molecular weight is 335 g/mol. The number of pyridine rings is 1. The molecule has 0 atom stereocenters. The lowest BCUT2D eigenvalue weighted by Gasteiger charge is -2.15. The Hall–Kier alpha value is -1.69. The van der Waals surface area contributed by atoms with E-state index in [-0.39, 0.29) is 11.3 Å². The lowest BCUT2D eigenvalue weighted by Crippen LogP contribution is -2.32. The zero-order chi connectivity index (χ0) is 14.2. The van der Waals surface area contributed by atoms with Crippen molar-refractivity contribution in [3.8, 4) is 0 Å². The van der Waals surface area contributed by atoms with Gasteiger partial charge in [0.15, 0.2) is 5.69 Å². The zero-order valence-electron chi connectivity index (χ0n) is 11.1. The molecule has 0 spiro atoms. The Kier molecular flexibility index (Phi) is 3.33. The number of hydrogen-bond donors (Lipinski definition) is 1. The summed E-state index contributed by atoms with van der Waals surface area (Å²) >= 11 is 3.35. The number of carbonyl (C=O) groups excluding carboxylic acids is 1. The molecule has 1 amide bonds. The summed E-state index contributed by atoms with van der Waals surface area (Å²) in [5.74, 6) is -0.141. The number of rotatable bonds is 4. The standard InChI is InChI=1S/C14H15BrN4O/c1-19-8-11(15)12(18-19)13(20)17-9-14(4-5-14)10-2-6-16-7-3-10/h2-3,6-8H,4-5,9H2,1H3,(H,17,20). The molecule has 1 aliphatic carbocycles. The van der Waals surface area contributed by atoms with Crippen LogP contribution in [0.2, 0.25) is 0 Å². The monoisotopic (exact) mass is 334 g/mol. The first kappa shape index (κ1) is 13.3. The molecule has 2 heterocycles. The second-order valence-corrected chi connectivity index (χ2v) is 6.05. The van der Waals surface area contributed by atoms with Crippen molar-refractivity contribution in [3.05, 3.63) is 46.5 Å². The van der Waals surface area contributed by atoms with Gasteiger partial charge < -0.3 is 5.32 Å². The van der Waals surface area contributed by atoms with Gasteiger partial charge in [0.25, 0.3) is 5.91 Å². The van der Waals surface area contributed by atoms with Crippen LogP contribution in [0.1, 0.15) is 28.9 Å². The van der Waals surface area contributed by atoms with Gasteiger partial charge in [-0.2, -0.15) is 5.10 Å². The Labute approximate surface area is 125 Å². The summed E-state index contributed by atoms with van der Waals surface area (Å²) in [6.45, 7) is 0.638. The second-order valence-electron chi connectivity index (χ2n) is 5.20. The molecule has 2 aromatic rings. The van der Waals surface area contributed by atoms with Gasteiger partial charge in [0, 0.05) is 37.6 Å². The highest BCUT2D eigenvalue weighted by Gasteiger charge is 2.44. The molecule has 0 aromatic carbocycles. The highest BCUT2D eigenvalue weighted by molar-refractivity contribution is 9.10. The van der Waals surface area contributed by atoms with Gasteiger partial charge in [-0.25, -0.2) is 0 Å². The van der Waals surface area contributed by atoms with E-state index in [1.165, 1.54) is 5.56 Å². The van der Waals surface area contributed by atoms with Crippen LogP contribution in [-0.4, -0.2) is 27.2 Å². The molecular weight excluding hydrogens is 320 g/mol. The molecule has 1 N–H and O–H groups in total. The summed E-state index contributed by atoms with van der Waals surface area (Å²) in [6, 6.07) is 4.05. The fourth-order valence-electron chi connectivity index (χ4n) is 2.37. The predicted octanol–water partition coefficient (Wildman–Crippen LogP) is 2.04. The molecule has 1 saturated carbocycles. The van der Waals surface area contributed by atoms with Crippen LogP contribution in [0.5, 0.6) is 0 Å². The fraction of sp³-hybridized carbons (Fsp3) is 0.357. The van der Waals surface area contributed by atoms with Crippen LogP contribution in [0.4, 0.5) is 0 Å². The minimum Gasteiger partial charge on any atom is -0.350 e. The van der Waals surface area contributed by atoms with E-state index in [1.54, 1.807) is 30.3 Å². The summed E-state index contributed by atoms with van der Waals surface area (Å²) in [4.78, 5) is 16.2. The maximum atomic E-state index is 12.2. The largest absolute Gasteiger partial charge is 0.350 e. The molecule has 5 nitrogen and oxygen atoms in total. The molecule has 2 aromatic heterocycles. The van der Waals surface area contributed by atoms with Crippen molar-refractivity contribution in [2.75, 3.05) is 6.54 Å². The van der Waals surface area contributed by atoms with Gasteiger partial charge in [-0.15, -0.1) is 0 Å². The van der Waals surface area contributed by atoms with E-state index in [0.717, 1.165) is 12.8 Å². The van der Waals surface area contributed by atoms with Crippen molar-refractivity contribution in [2.45, 2.75) is 18.3 Å². The average Bonchev–Trinajstić information content (AvgIpc) is 3.17. The first-order valence-electron chi connectivity index (χ1n) is 6.49. The van der Waals surface area contributed by atoms with Crippen LogP contribution in [0, 0.1) is 0 Å². The first-order chi connectivity index (χ1) is 9.61. The maximum Gasteiger partial charge on any atom is 0.272 e. The van der Waals surface area contributed by atoms with Gasteiger partial charge >= 0.3 is 0 Å². The Morgan fingerprint density at radius 2 is 2.15 bits per heavy atom. The molecule has 0 saturated heterocycles. The predicted molar refractivity (Wildman–Crippen MR) is 78.4 cm³/mol. The van der Waals surface area contributed by atoms with Crippen LogP contribution in [-0.2, 0) is 12.5 Å². The molecule has 1 fully saturated rings. The van der Waals surface area contributed by atoms with E-state index < -0.39 is 0 Å². The van der Waals surface area contributed by atoms with E-state index >= 15 is 0 Å². The summed E-state index contributed by atoms with van der Waals surface area (Å²) in [5, 5.41) is 7.14.